The van der Waals surface area contributed by atoms with Gasteiger partial charge in [-0.1, -0.05) is 69.3 Å². The number of anilines is 1. The highest BCUT2D eigenvalue weighted by molar-refractivity contribution is 5.52. The van der Waals surface area contributed by atoms with Crippen LogP contribution in [0.4, 0.5) is 5.69 Å². The summed E-state index contributed by atoms with van der Waals surface area (Å²) in [4.78, 5) is 0. The summed E-state index contributed by atoms with van der Waals surface area (Å²) in [7, 11) is 0. The molecule has 0 aliphatic carbocycles. The fourth-order valence-corrected chi connectivity index (χ4v) is 2.23. The smallest absolute Gasteiger partial charge is 0.0376 e. The molecule has 0 spiro atoms. The first kappa shape index (κ1) is 14.6. The zero-order chi connectivity index (χ0) is 14.4. The third-order valence-corrected chi connectivity index (χ3v) is 3.45. The molecule has 0 aliphatic heterocycles. The van der Waals surface area contributed by atoms with Crippen molar-refractivity contribution < 1.29 is 0 Å². The summed E-state index contributed by atoms with van der Waals surface area (Å²) in [6.07, 6.45) is 2.16. The maximum atomic E-state index is 3.59. The van der Waals surface area contributed by atoms with Crippen LogP contribution in [0.5, 0.6) is 0 Å². The lowest BCUT2D eigenvalue weighted by molar-refractivity contribution is 0.390. The lowest BCUT2D eigenvalue weighted by Gasteiger charge is -2.19. The second-order valence-corrected chi connectivity index (χ2v) is 6.56. The maximum absolute atomic E-state index is 3.59. The molecule has 0 bridgehead atoms. The summed E-state index contributed by atoms with van der Waals surface area (Å²) in [6, 6.07) is 19.3. The Bertz CT molecular complexity index is 523. The highest BCUT2D eigenvalue weighted by Crippen LogP contribution is 2.22. The number of hydrogen-bond acceptors (Lipinski definition) is 1. The van der Waals surface area contributed by atoms with Gasteiger partial charge in [0.2, 0.25) is 0 Å². The molecule has 0 unspecified atom stereocenters. The van der Waals surface area contributed by atoms with Gasteiger partial charge in [-0.25, -0.2) is 0 Å². The van der Waals surface area contributed by atoms with Crippen LogP contribution in [0.1, 0.15) is 38.3 Å². The average molecular weight is 267 g/mol. The SMILES string of the molecule is CC(C)(C)CCNc1ccccc1Cc1ccccc1. The van der Waals surface area contributed by atoms with Crippen molar-refractivity contribution in [2.75, 3.05) is 11.9 Å². The Labute approximate surface area is 123 Å². The Kier molecular flexibility index (Phi) is 4.84. The molecule has 0 saturated heterocycles. The molecule has 0 fully saturated rings. The molecule has 1 nitrogen and oxygen atoms in total. The molecule has 0 saturated carbocycles. The molecule has 2 aromatic carbocycles. The minimum atomic E-state index is 0.376. The molecule has 106 valence electrons. The van der Waals surface area contributed by atoms with E-state index in [0.29, 0.717) is 5.41 Å². The minimum Gasteiger partial charge on any atom is -0.385 e. The predicted molar refractivity (Wildman–Crippen MR) is 88.3 cm³/mol. The van der Waals surface area contributed by atoms with Gasteiger partial charge in [-0.2, -0.15) is 0 Å². The van der Waals surface area contributed by atoms with Crippen LogP contribution in [0.3, 0.4) is 0 Å². The van der Waals surface area contributed by atoms with Crippen LogP contribution in [-0.4, -0.2) is 6.54 Å². The Morgan fingerprint density at radius 2 is 1.50 bits per heavy atom. The number of para-hydroxylation sites is 1. The molecule has 1 heteroatoms. The van der Waals surface area contributed by atoms with E-state index in [1.807, 2.05) is 0 Å². The quantitative estimate of drug-likeness (QED) is 0.792. The topological polar surface area (TPSA) is 12.0 Å². The van der Waals surface area contributed by atoms with Crippen LogP contribution in [0.2, 0.25) is 0 Å². The van der Waals surface area contributed by atoms with E-state index in [-0.39, 0.29) is 0 Å². The van der Waals surface area contributed by atoms with Gasteiger partial charge in [0, 0.05) is 12.2 Å². The standard InChI is InChI=1S/C19H25N/c1-19(2,3)13-14-20-18-12-8-7-11-17(18)15-16-9-5-4-6-10-16/h4-12,20H,13-15H2,1-3H3. The first-order valence-corrected chi connectivity index (χ1v) is 7.40. The second kappa shape index (κ2) is 6.60. The first-order chi connectivity index (χ1) is 9.54. The van der Waals surface area contributed by atoms with Crippen molar-refractivity contribution in [3.63, 3.8) is 0 Å². The van der Waals surface area contributed by atoms with Crippen molar-refractivity contribution in [2.24, 2.45) is 5.41 Å². The van der Waals surface area contributed by atoms with E-state index in [4.69, 9.17) is 0 Å². The van der Waals surface area contributed by atoms with Gasteiger partial charge in [0.15, 0.2) is 0 Å². The predicted octanol–water partition coefficient (Wildman–Crippen LogP) is 5.13. The Hall–Kier alpha value is -1.76. The molecule has 20 heavy (non-hydrogen) atoms. The zero-order valence-corrected chi connectivity index (χ0v) is 12.8. The highest BCUT2D eigenvalue weighted by Gasteiger charge is 2.10. The summed E-state index contributed by atoms with van der Waals surface area (Å²) in [5, 5.41) is 3.59. The summed E-state index contributed by atoms with van der Waals surface area (Å²) in [6.45, 7) is 7.87. The molecule has 0 radical (unpaired) electrons. The van der Waals surface area contributed by atoms with Gasteiger partial charge in [-0.15, -0.1) is 0 Å². The normalized spacial score (nSPS) is 11.3. The van der Waals surface area contributed by atoms with E-state index >= 15 is 0 Å². The van der Waals surface area contributed by atoms with Gasteiger partial charge in [0.25, 0.3) is 0 Å². The van der Waals surface area contributed by atoms with E-state index in [1.165, 1.54) is 23.2 Å². The van der Waals surface area contributed by atoms with Crippen molar-refractivity contribution >= 4 is 5.69 Å². The Balaban J connectivity index is 2.03. The molecule has 0 aliphatic rings. The molecular weight excluding hydrogens is 242 g/mol. The molecular formula is C19H25N. The van der Waals surface area contributed by atoms with Crippen molar-refractivity contribution in [3.05, 3.63) is 65.7 Å². The number of hydrogen-bond donors (Lipinski definition) is 1. The average Bonchev–Trinajstić information content (AvgIpc) is 2.40. The Morgan fingerprint density at radius 1 is 0.850 bits per heavy atom. The van der Waals surface area contributed by atoms with Crippen molar-refractivity contribution in [1.29, 1.82) is 0 Å². The summed E-state index contributed by atoms with van der Waals surface area (Å²) >= 11 is 0. The van der Waals surface area contributed by atoms with Gasteiger partial charge in [0.1, 0.15) is 0 Å². The molecule has 2 aromatic rings. The molecule has 0 aromatic heterocycles. The summed E-state index contributed by atoms with van der Waals surface area (Å²) in [5.41, 5.74) is 4.37. The van der Waals surface area contributed by atoms with Crippen LogP contribution < -0.4 is 5.32 Å². The minimum absolute atomic E-state index is 0.376. The largest absolute Gasteiger partial charge is 0.385 e. The number of rotatable bonds is 5. The van der Waals surface area contributed by atoms with E-state index < -0.39 is 0 Å². The third kappa shape index (κ3) is 4.73. The van der Waals surface area contributed by atoms with E-state index in [2.05, 4.69) is 80.7 Å². The van der Waals surface area contributed by atoms with E-state index in [1.54, 1.807) is 0 Å². The van der Waals surface area contributed by atoms with Gasteiger partial charge >= 0.3 is 0 Å². The molecule has 1 N–H and O–H groups in total. The van der Waals surface area contributed by atoms with Crippen LogP contribution >= 0.6 is 0 Å². The fourth-order valence-electron chi connectivity index (χ4n) is 2.23. The lowest BCUT2D eigenvalue weighted by Crippen LogP contribution is -2.13. The van der Waals surface area contributed by atoms with Gasteiger partial charge in [-0.05, 0) is 35.4 Å². The highest BCUT2D eigenvalue weighted by atomic mass is 14.9. The van der Waals surface area contributed by atoms with Crippen molar-refractivity contribution in [3.8, 4) is 0 Å². The lowest BCUT2D eigenvalue weighted by atomic mass is 9.92. The zero-order valence-electron chi connectivity index (χ0n) is 12.8. The van der Waals surface area contributed by atoms with Gasteiger partial charge < -0.3 is 5.32 Å². The van der Waals surface area contributed by atoms with Crippen molar-refractivity contribution in [2.45, 2.75) is 33.6 Å². The maximum Gasteiger partial charge on any atom is 0.0376 e. The number of nitrogens with one attached hydrogen (secondary N) is 1. The Morgan fingerprint density at radius 3 is 2.20 bits per heavy atom. The fraction of sp³-hybridized carbons (Fsp3) is 0.368. The van der Waals surface area contributed by atoms with Crippen LogP contribution in [0, 0.1) is 5.41 Å². The van der Waals surface area contributed by atoms with Gasteiger partial charge in [-0.3, -0.25) is 0 Å². The van der Waals surface area contributed by atoms with Gasteiger partial charge in [0.05, 0.1) is 0 Å². The molecule has 0 heterocycles. The number of benzene rings is 2. The molecule has 0 amide bonds. The second-order valence-electron chi connectivity index (χ2n) is 6.56. The monoisotopic (exact) mass is 267 g/mol. The first-order valence-electron chi connectivity index (χ1n) is 7.40. The summed E-state index contributed by atoms with van der Waals surface area (Å²) in [5.74, 6) is 0. The van der Waals surface area contributed by atoms with E-state index in [9.17, 15) is 0 Å². The van der Waals surface area contributed by atoms with Crippen LogP contribution in [0.25, 0.3) is 0 Å². The van der Waals surface area contributed by atoms with E-state index in [0.717, 1.165) is 13.0 Å². The third-order valence-electron chi connectivity index (χ3n) is 3.45. The molecule has 0 atom stereocenters. The van der Waals surface area contributed by atoms with Crippen LogP contribution in [0.15, 0.2) is 54.6 Å². The molecule has 2 rings (SSSR count). The van der Waals surface area contributed by atoms with Crippen molar-refractivity contribution in [1.82, 2.24) is 0 Å². The van der Waals surface area contributed by atoms with Crippen LogP contribution in [-0.2, 0) is 6.42 Å². The summed E-state index contributed by atoms with van der Waals surface area (Å²) < 4.78 is 0.